The van der Waals surface area contributed by atoms with Crippen LogP contribution in [0.4, 0.5) is 0 Å². The summed E-state index contributed by atoms with van der Waals surface area (Å²) < 4.78 is 6.71. The molecule has 3 heterocycles. The number of piperidine rings is 1. The number of esters is 1. The lowest BCUT2D eigenvalue weighted by Crippen LogP contribution is -2.33. The Labute approximate surface area is 123 Å². The zero-order valence-corrected chi connectivity index (χ0v) is 12.5. The molecule has 2 aromatic rings. The van der Waals surface area contributed by atoms with Gasteiger partial charge in [-0.15, -0.1) is 10.2 Å². The minimum Gasteiger partial charge on any atom is -0.464 e. The largest absolute Gasteiger partial charge is 0.464 e. The van der Waals surface area contributed by atoms with E-state index in [4.69, 9.17) is 4.74 Å². The average molecular weight is 288 g/mol. The van der Waals surface area contributed by atoms with Crippen molar-refractivity contribution in [3.8, 4) is 0 Å². The number of nitrogens with zero attached hydrogens (tertiary/aromatic N) is 4. The molecule has 0 saturated carbocycles. The molecule has 0 atom stereocenters. The fourth-order valence-corrected chi connectivity index (χ4v) is 3.00. The lowest BCUT2D eigenvalue weighted by Gasteiger charge is -2.30. The molecular weight excluding hydrogens is 268 g/mol. The summed E-state index contributed by atoms with van der Waals surface area (Å²) in [6, 6.07) is 5.43. The molecule has 0 amide bonds. The smallest absolute Gasteiger partial charge is 0.355 e. The van der Waals surface area contributed by atoms with Crippen LogP contribution in [0.15, 0.2) is 18.2 Å². The maximum Gasteiger partial charge on any atom is 0.355 e. The molecule has 6 nitrogen and oxygen atoms in total. The lowest BCUT2D eigenvalue weighted by atomic mass is 9.96. The van der Waals surface area contributed by atoms with E-state index in [-0.39, 0.29) is 5.97 Å². The Morgan fingerprint density at radius 1 is 1.33 bits per heavy atom. The number of carbonyl (C=O) groups excluding carboxylic acids is 1. The monoisotopic (exact) mass is 288 g/mol. The van der Waals surface area contributed by atoms with Gasteiger partial charge in [-0.25, -0.2) is 4.79 Å². The molecule has 0 unspecified atom stereocenters. The van der Waals surface area contributed by atoms with Crippen LogP contribution in [-0.4, -0.2) is 52.2 Å². The summed E-state index contributed by atoms with van der Waals surface area (Å²) in [6.07, 6.45) is 2.09. The predicted octanol–water partition coefficient (Wildman–Crippen LogP) is 1.72. The second-order valence-corrected chi connectivity index (χ2v) is 5.36. The standard InChI is InChI=1S/C15H20N4O2/c1-3-18-9-7-11(8-10-18)14-17-16-13-6-4-5-12(19(13)14)15(20)21-2/h4-6,11H,3,7-10H2,1-2H3. The van der Waals surface area contributed by atoms with E-state index in [9.17, 15) is 4.79 Å². The van der Waals surface area contributed by atoms with Gasteiger partial charge in [0.2, 0.25) is 0 Å². The molecule has 1 fully saturated rings. The Morgan fingerprint density at radius 2 is 2.10 bits per heavy atom. The summed E-state index contributed by atoms with van der Waals surface area (Å²) >= 11 is 0. The van der Waals surface area contributed by atoms with Gasteiger partial charge in [-0.05, 0) is 44.6 Å². The second kappa shape index (κ2) is 5.81. The van der Waals surface area contributed by atoms with E-state index in [1.165, 1.54) is 7.11 Å². The number of carbonyl (C=O) groups is 1. The Balaban J connectivity index is 1.98. The van der Waals surface area contributed by atoms with Gasteiger partial charge in [-0.1, -0.05) is 13.0 Å². The van der Waals surface area contributed by atoms with Gasteiger partial charge in [-0.3, -0.25) is 4.40 Å². The normalized spacial score (nSPS) is 17.2. The first-order valence-electron chi connectivity index (χ1n) is 7.39. The molecule has 0 spiro atoms. The minimum absolute atomic E-state index is 0.341. The maximum absolute atomic E-state index is 12.0. The van der Waals surface area contributed by atoms with Crippen molar-refractivity contribution in [2.45, 2.75) is 25.7 Å². The molecule has 0 N–H and O–H groups in total. The quantitative estimate of drug-likeness (QED) is 0.805. The third-order valence-electron chi connectivity index (χ3n) is 4.25. The Bertz CT molecular complexity index is 644. The summed E-state index contributed by atoms with van der Waals surface area (Å²) in [7, 11) is 1.39. The SMILES string of the molecule is CCN1CCC(c2nnc3cccc(C(=O)OC)n23)CC1. The first kappa shape index (κ1) is 14.0. The van der Waals surface area contributed by atoms with Gasteiger partial charge in [0, 0.05) is 5.92 Å². The molecule has 21 heavy (non-hydrogen) atoms. The molecule has 0 aliphatic carbocycles. The van der Waals surface area contributed by atoms with E-state index in [0.29, 0.717) is 17.3 Å². The van der Waals surface area contributed by atoms with Crippen LogP contribution >= 0.6 is 0 Å². The Kier molecular flexibility index (Phi) is 3.88. The van der Waals surface area contributed by atoms with E-state index < -0.39 is 0 Å². The van der Waals surface area contributed by atoms with Crippen molar-refractivity contribution in [1.29, 1.82) is 0 Å². The van der Waals surface area contributed by atoms with Crippen molar-refractivity contribution < 1.29 is 9.53 Å². The van der Waals surface area contributed by atoms with E-state index in [2.05, 4.69) is 22.0 Å². The highest BCUT2D eigenvalue weighted by molar-refractivity contribution is 5.88. The first-order valence-corrected chi connectivity index (χ1v) is 7.39. The fourth-order valence-electron chi connectivity index (χ4n) is 3.00. The van der Waals surface area contributed by atoms with Crippen molar-refractivity contribution in [2.24, 2.45) is 0 Å². The molecule has 0 bridgehead atoms. The van der Waals surface area contributed by atoms with Gasteiger partial charge in [-0.2, -0.15) is 0 Å². The molecule has 0 radical (unpaired) electrons. The van der Waals surface area contributed by atoms with Crippen LogP contribution in [0.2, 0.25) is 0 Å². The number of rotatable bonds is 3. The van der Waals surface area contributed by atoms with Crippen molar-refractivity contribution in [3.05, 3.63) is 29.7 Å². The molecule has 6 heteroatoms. The molecule has 112 valence electrons. The molecule has 1 aliphatic heterocycles. The Morgan fingerprint density at radius 3 is 2.76 bits per heavy atom. The van der Waals surface area contributed by atoms with Crippen LogP contribution in [0.3, 0.4) is 0 Å². The van der Waals surface area contributed by atoms with Crippen molar-refractivity contribution in [2.75, 3.05) is 26.7 Å². The van der Waals surface area contributed by atoms with Crippen molar-refractivity contribution >= 4 is 11.6 Å². The number of fused-ring (bicyclic) bond motifs is 1. The number of hydrogen-bond donors (Lipinski definition) is 0. The lowest BCUT2D eigenvalue weighted by molar-refractivity contribution is 0.0591. The van der Waals surface area contributed by atoms with E-state index in [1.807, 2.05) is 10.5 Å². The van der Waals surface area contributed by atoms with Gasteiger partial charge in [0.25, 0.3) is 0 Å². The topological polar surface area (TPSA) is 59.7 Å². The van der Waals surface area contributed by atoms with Crippen LogP contribution < -0.4 is 0 Å². The van der Waals surface area contributed by atoms with Crippen LogP contribution in [0.5, 0.6) is 0 Å². The predicted molar refractivity (Wildman–Crippen MR) is 78.4 cm³/mol. The summed E-state index contributed by atoms with van der Waals surface area (Å²) in [6.45, 7) is 5.40. The van der Waals surface area contributed by atoms with Crippen LogP contribution in [0.1, 0.15) is 42.0 Å². The molecule has 2 aromatic heterocycles. The maximum atomic E-state index is 12.0. The van der Waals surface area contributed by atoms with Crippen LogP contribution in [0, 0.1) is 0 Å². The van der Waals surface area contributed by atoms with Gasteiger partial charge >= 0.3 is 5.97 Å². The highest BCUT2D eigenvalue weighted by Crippen LogP contribution is 2.27. The molecule has 3 rings (SSSR count). The number of hydrogen-bond acceptors (Lipinski definition) is 5. The molecule has 1 aliphatic rings. The highest BCUT2D eigenvalue weighted by Gasteiger charge is 2.25. The minimum atomic E-state index is -0.354. The van der Waals surface area contributed by atoms with Crippen LogP contribution in [0.25, 0.3) is 5.65 Å². The number of ether oxygens (including phenoxy) is 1. The van der Waals surface area contributed by atoms with Gasteiger partial charge in [0.05, 0.1) is 7.11 Å². The van der Waals surface area contributed by atoms with E-state index in [1.54, 1.807) is 12.1 Å². The number of methoxy groups -OCH3 is 1. The zero-order chi connectivity index (χ0) is 14.8. The number of likely N-dealkylation sites (tertiary alicyclic amines) is 1. The second-order valence-electron chi connectivity index (χ2n) is 5.36. The number of pyridine rings is 1. The zero-order valence-electron chi connectivity index (χ0n) is 12.5. The van der Waals surface area contributed by atoms with E-state index in [0.717, 1.165) is 38.3 Å². The van der Waals surface area contributed by atoms with Crippen LogP contribution in [-0.2, 0) is 4.74 Å². The molecular formula is C15H20N4O2. The van der Waals surface area contributed by atoms with Crippen molar-refractivity contribution in [1.82, 2.24) is 19.5 Å². The molecule has 0 aromatic carbocycles. The van der Waals surface area contributed by atoms with E-state index >= 15 is 0 Å². The molecule has 1 saturated heterocycles. The summed E-state index contributed by atoms with van der Waals surface area (Å²) in [4.78, 5) is 14.4. The Hall–Kier alpha value is -1.95. The third-order valence-corrected chi connectivity index (χ3v) is 4.25. The van der Waals surface area contributed by atoms with Gasteiger partial charge < -0.3 is 9.64 Å². The van der Waals surface area contributed by atoms with Crippen molar-refractivity contribution in [3.63, 3.8) is 0 Å². The third kappa shape index (κ3) is 2.51. The number of aromatic nitrogens is 3. The first-order chi connectivity index (χ1) is 10.2. The highest BCUT2D eigenvalue weighted by atomic mass is 16.5. The average Bonchev–Trinajstić information content (AvgIpc) is 2.98. The van der Waals surface area contributed by atoms with Gasteiger partial charge in [0.15, 0.2) is 5.65 Å². The fraction of sp³-hybridized carbons (Fsp3) is 0.533. The van der Waals surface area contributed by atoms with Gasteiger partial charge in [0.1, 0.15) is 11.5 Å². The summed E-state index contributed by atoms with van der Waals surface area (Å²) in [5.41, 5.74) is 1.19. The summed E-state index contributed by atoms with van der Waals surface area (Å²) in [5.74, 6) is 0.864. The summed E-state index contributed by atoms with van der Waals surface area (Å²) in [5, 5.41) is 8.54.